The molecule has 1 aromatic rings. The fraction of sp³-hybridized carbons (Fsp3) is 0.438. The third-order valence-corrected chi connectivity index (χ3v) is 3.87. The van der Waals surface area contributed by atoms with Crippen molar-refractivity contribution in [3.05, 3.63) is 29.8 Å². The molecule has 1 fully saturated rings. The molecular weight excluding hydrogens is 284 g/mol. The largest absolute Gasteiger partial charge is 0.465 e. The van der Waals surface area contributed by atoms with Crippen molar-refractivity contribution in [3.8, 4) is 0 Å². The summed E-state index contributed by atoms with van der Waals surface area (Å²) in [6, 6.07) is 7.21. The van der Waals surface area contributed by atoms with Crippen molar-refractivity contribution in [3.63, 3.8) is 0 Å². The predicted molar refractivity (Wildman–Crippen MR) is 81.8 cm³/mol. The number of hydrogen-bond acceptors (Lipinski definition) is 3. The van der Waals surface area contributed by atoms with Gasteiger partial charge in [0.1, 0.15) is 5.78 Å². The first-order valence-electron chi connectivity index (χ1n) is 7.33. The van der Waals surface area contributed by atoms with Crippen LogP contribution in [0.4, 0.5) is 10.5 Å². The zero-order chi connectivity index (χ0) is 16.1. The number of Topliss-reactive ketones (excluding diaryl/α,β-unsaturated/α-hetero) is 1. The molecule has 6 nitrogen and oxygen atoms in total. The maximum atomic E-state index is 12.3. The number of ketones is 1. The van der Waals surface area contributed by atoms with Gasteiger partial charge >= 0.3 is 6.09 Å². The van der Waals surface area contributed by atoms with Gasteiger partial charge in [0, 0.05) is 38.0 Å². The van der Waals surface area contributed by atoms with Crippen LogP contribution in [0.25, 0.3) is 0 Å². The van der Waals surface area contributed by atoms with Crippen LogP contribution in [0, 0.1) is 5.92 Å². The number of piperidine rings is 1. The molecule has 22 heavy (non-hydrogen) atoms. The predicted octanol–water partition coefficient (Wildman–Crippen LogP) is 2.15. The van der Waals surface area contributed by atoms with Crippen LogP contribution in [0.1, 0.15) is 25.3 Å². The molecule has 1 aliphatic rings. The Labute approximate surface area is 129 Å². The number of carbonyl (C=O) groups is 3. The van der Waals surface area contributed by atoms with Gasteiger partial charge < -0.3 is 15.3 Å². The molecule has 1 aromatic carbocycles. The molecule has 2 rings (SSSR count). The van der Waals surface area contributed by atoms with Crippen LogP contribution < -0.4 is 5.32 Å². The van der Waals surface area contributed by atoms with E-state index in [1.54, 1.807) is 12.1 Å². The molecule has 0 aliphatic carbocycles. The van der Waals surface area contributed by atoms with E-state index in [0.717, 1.165) is 5.56 Å². The molecule has 2 amide bonds. The summed E-state index contributed by atoms with van der Waals surface area (Å²) in [5.41, 5.74) is 1.61. The smallest absolute Gasteiger partial charge is 0.407 e. The number of hydrogen-bond donors (Lipinski definition) is 2. The van der Waals surface area contributed by atoms with Crippen molar-refractivity contribution in [2.24, 2.45) is 5.92 Å². The van der Waals surface area contributed by atoms with E-state index in [4.69, 9.17) is 5.11 Å². The second-order valence-corrected chi connectivity index (χ2v) is 5.57. The highest BCUT2D eigenvalue weighted by Gasteiger charge is 2.26. The Balaban J connectivity index is 1.87. The fourth-order valence-corrected chi connectivity index (χ4v) is 2.65. The maximum absolute atomic E-state index is 12.3. The Hall–Kier alpha value is -2.37. The molecule has 6 heteroatoms. The van der Waals surface area contributed by atoms with Gasteiger partial charge in [0.15, 0.2) is 0 Å². The van der Waals surface area contributed by atoms with Crippen molar-refractivity contribution in [1.82, 2.24) is 4.90 Å². The fourth-order valence-electron chi connectivity index (χ4n) is 2.65. The zero-order valence-electron chi connectivity index (χ0n) is 12.5. The number of carboxylic acid groups (broad SMARTS) is 1. The van der Waals surface area contributed by atoms with Gasteiger partial charge in [-0.1, -0.05) is 12.1 Å². The van der Waals surface area contributed by atoms with Crippen LogP contribution in [-0.2, 0) is 16.0 Å². The third-order valence-electron chi connectivity index (χ3n) is 3.87. The highest BCUT2D eigenvalue weighted by atomic mass is 16.4. The van der Waals surface area contributed by atoms with E-state index in [9.17, 15) is 14.4 Å². The summed E-state index contributed by atoms with van der Waals surface area (Å²) in [6.07, 6.45) is 0.613. The molecule has 0 radical (unpaired) electrons. The van der Waals surface area contributed by atoms with Gasteiger partial charge in [-0.05, 0) is 30.5 Å². The average molecular weight is 304 g/mol. The summed E-state index contributed by atoms with van der Waals surface area (Å²) in [6.45, 7) is 2.29. The summed E-state index contributed by atoms with van der Waals surface area (Å²) >= 11 is 0. The molecule has 1 aliphatic heterocycles. The summed E-state index contributed by atoms with van der Waals surface area (Å²) in [5.74, 6) is -0.0445. The van der Waals surface area contributed by atoms with Crippen LogP contribution in [0.15, 0.2) is 24.3 Å². The van der Waals surface area contributed by atoms with Crippen LogP contribution in [0.3, 0.4) is 0 Å². The number of nitrogens with one attached hydrogen (secondary N) is 1. The summed E-state index contributed by atoms with van der Waals surface area (Å²) in [4.78, 5) is 35.4. The van der Waals surface area contributed by atoms with E-state index >= 15 is 0 Å². The van der Waals surface area contributed by atoms with E-state index in [1.165, 1.54) is 11.8 Å². The topological polar surface area (TPSA) is 86.7 Å². The van der Waals surface area contributed by atoms with E-state index < -0.39 is 6.09 Å². The van der Waals surface area contributed by atoms with Crippen molar-refractivity contribution in [2.75, 3.05) is 18.4 Å². The first-order valence-corrected chi connectivity index (χ1v) is 7.33. The Morgan fingerprint density at radius 1 is 1.18 bits per heavy atom. The molecule has 1 saturated heterocycles. The first kappa shape index (κ1) is 16.0. The monoisotopic (exact) mass is 304 g/mol. The van der Waals surface area contributed by atoms with Crippen molar-refractivity contribution >= 4 is 23.5 Å². The van der Waals surface area contributed by atoms with Gasteiger partial charge in [-0.15, -0.1) is 0 Å². The third kappa shape index (κ3) is 4.31. The van der Waals surface area contributed by atoms with E-state index in [1.807, 2.05) is 12.1 Å². The number of rotatable bonds is 4. The van der Waals surface area contributed by atoms with Gasteiger partial charge in [-0.2, -0.15) is 0 Å². The summed E-state index contributed by atoms with van der Waals surface area (Å²) in [7, 11) is 0. The van der Waals surface area contributed by atoms with Crippen LogP contribution in [0.5, 0.6) is 0 Å². The summed E-state index contributed by atoms with van der Waals surface area (Å²) < 4.78 is 0. The number of nitrogens with zero attached hydrogens (tertiary/aromatic N) is 1. The Morgan fingerprint density at radius 3 is 2.27 bits per heavy atom. The molecule has 0 atom stereocenters. The minimum absolute atomic E-state index is 0.0642. The van der Waals surface area contributed by atoms with E-state index in [-0.39, 0.29) is 17.6 Å². The lowest BCUT2D eigenvalue weighted by atomic mass is 9.89. The lowest BCUT2D eigenvalue weighted by molar-refractivity contribution is -0.123. The molecule has 0 bridgehead atoms. The lowest BCUT2D eigenvalue weighted by Gasteiger charge is -2.29. The SMILES string of the molecule is CC(=O)Nc1ccc(CC(=O)C2CCN(C(=O)O)CC2)cc1. The molecule has 0 aromatic heterocycles. The van der Waals surface area contributed by atoms with E-state index in [2.05, 4.69) is 5.32 Å². The minimum atomic E-state index is -0.917. The van der Waals surface area contributed by atoms with Gasteiger partial charge in [0.05, 0.1) is 0 Å². The normalized spacial score (nSPS) is 15.4. The van der Waals surface area contributed by atoms with E-state index in [0.29, 0.717) is 38.0 Å². The van der Waals surface area contributed by atoms with Gasteiger partial charge in [-0.25, -0.2) is 4.79 Å². The molecule has 0 unspecified atom stereocenters. The minimum Gasteiger partial charge on any atom is -0.465 e. The van der Waals surface area contributed by atoms with Crippen LogP contribution in [-0.4, -0.2) is 40.9 Å². The number of amides is 2. The maximum Gasteiger partial charge on any atom is 0.407 e. The lowest BCUT2D eigenvalue weighted by Crippen LogP contribution is -2.39. The second kappa shape index (κ2) is 7.06. The highest BCUT2D eigenvalue weighted by Crippen LogP contribution is 2.20. The molecule has 118 valence electrons. The van der Waals surface area contributed by atoms with Crippen molar-refractivity contribution in [2.45, 2.75) is 26.2 Å². The molecule has 1 heterocycles. The molecule has 0 spiro atoms. The highest BCUT2D eigenvalue weighted by molar-refractivity contribution is 5.88. The number of likely N-dealkylation sites (tertiary alicyclic amines) is 1. The second-order valence-electron chi connectivity index (χ2n) is 5.57. The van der Waals surface area contributed by atoms with Crippen molar-refractivity contribution in [1.29, 1.82) is 0 Å². The standard InChI is InChI=1S/C16H20N2O4/c1-11(19)17-14-4-2-12(3-5-14)10-15(20)13-6-8-18(9-7-13)16(21)22/h2-5,13H,6-10H2,1H3,(H,17,19)(H,21,22). The summed E-state index contributed by atoms with van der Waals surface area (Å²) in [5, 5.41) is 11.6. The first-order chi connectivity index (χ1) is 10.5. The Bertz CT molecular complexity index is 560. The quantitative estimate of drug-likeness (QED) is 0.892. The van der Waals surface area contributed by atoms with Gasteiger partial charge in [-0.3, -0.25) is 9.59 Å². The molecule has 2 N–H and O–H groups in total. The Kier molecular flexibility index (Phi) is 5.14. The number of carbonyl (C=O) groups excluding carboxylic acids is 2. The average Bonchev–Trinajstić information content (AvgIpc) is 2.49. The van der Waals surface area contributed by atoms with Gasteiger partial charge in [0.2, 0.25) is 5.91 Å². The van der Waals surface area contributed by atoms with Crippen LogP contribution >= 0.6 is 0 Å². The number of benzene rings is 1. The van der Waals surface area contributed by atoms with Crippen molar-refractivity contribution < 1.29 is 19.5 Å². The van der Waals surface area contributed by atoms with Gasteiger partial charge in [0.25, 0.3) is 0 Å². The number of anilines is 1. The molecular formula is C16H20N2O4. The molecule has 0 saturated carbocycles. The Morgan fingerprint density at radius 2 is 1.77 bits per heavy atom. The zero-order valence-corrected chi connectivity index (χ0v) is 12.5. The van der Waals surface area contributed by atoms with Crippen LogP contribution in [0.2, 0.25) is 0 Å².